The summed E-state index contributed by atoms with van der Waals surface area (Å²) >= 11 is 6.75. The third kappa shape index (κ3) is 2.22. The van der Waals surface area contributed by atoms with Crippen LogP contribution in [0.15, 0.2) is 29.9 Å². The van der Waals surface area contributed by atoms with Gasteiger partial charge in [-0.05, 0) is 12.1 Å². The minimum Gasteiger partial charge on any atom is -0.290 e. The molecule has 2 aromatic rings. The molecule has 0 aliphatic heterocycles. The van der Waals surface area contributed by atoms with Gasteiger partial charge in [-0.15, -0.1) is 22.9 Å². The molecular weight excluding hydrogens is 232 g/mol. The van der Waals surface area contributed by atoms with Crippen molar-refractivity contribution in [2.75, 3.05) is 5.88 Å². The van der Waals surface area contributed by atoms with Crippen molar-refractivity contribution < 1.29 is 4.79 Å². The number of nitrogens with zero attached hydrogens (tertiary/aromatic N) is 2. The molecule has 15 heavy (non-hydrogen) atoms. The molecule has 0 spiro atoms. The number of halogens is 1. The van der Waals surface area contributed by atoms with E-state index in [1.165, 1.54) is 11.3 Å². The van der Waals surface area contributed by atoms with E-state index >= 15 is 0 Å². The van der Waals surface area contributed by atoms with Crippen molar-refractivity contribution in [3.8, 4) is 11.3 Å². The fourth-order valence-electron chi connectivity index (χ4n) is 1.11. The van der Waals surface area contributed by atoms with Crippen LogP contribution >= 0.6 is 22.9 Å². The van der Waals surface area contributed by atoms with Crippen molar-refractivity contribution in [2.24, 2.45) is 0 Å². The van der Waals surface area contributed by atoms with Crippen molar-refractivity contribution >= 4 is 28.7 Å². The average molecular weight is 239 g/mol. The molecule has 0 aromatic carbocycles. The van der Waals surface area contributed by atoms with Gasteiger partial charge >= 0.3 is 0 Å². The summed E-state index contributed by atoms with van der Waals surface area (Å²) in [6.45, 7) is 0. The zero-order chi connectivity index (χ0) is 10.7. The molecule has 76 valence electrons. The van der Waals surface area contributed by atoms with Crippen LogP contribution in [-0.4, -0.2) is 21.6 Å². The van der Waals surface area contributed by atoms with Crippen LogP contribution in [0.5, 0.6) is 0 Å². The fraction of sp³-hybridized carbons (Fsp3) is 0.100. The molecule has 2 aromatic heterocycles. The van der Waals surface area contributed by atoms with Gasteiger partial charge in [0.1, 0.15) is 0 Å². The second-order valence-electron chi connectivity index (χ2n) is 2.84. The Morgan fingerprint density at radius 1 is 1.53 bits per heavy atom. The van der Waals surface area contributed by atoms with Gasteiger partial charge in [0.2, 0.25) is 5.78 Å². The largest absolute Gasteiger partial charge is 0.290 e. The lowest BCUT2D eigenvalue weighted by Crippen LogP contribution is -1.98. The Kier molecular flexibility index (Phi) is 3.08. The maximum Gasteiger partial charge on any atom is 0.206 e. The number of ketones is 1. The molecular formula is C10H7ClN2OS. The van der Waals surface area contributed by atoms with Gasteiger partial charge in [-0.1, -0.05) is 0 Å². The summed E-state index contributed by atoms with van der Waals surface area (Å²) in [5.41, 5.74) is 1.67. The zero-order valence-corrected chi connectivity index (χ0v) is 9.26. The lowest BCUT2D eigenvalue weighted by Gasteiger charge is -1.93. The summed E-state index contributed by atoms with van der Waals surface area (Å²) in [7, 11) is 0. The Morgan fingerprint density at radius 3 is 3.07 bits per heavy atom. The highest BCUT2D eigenvalue weighted by molar-refractivity contribution is 7.12. The SMILES string of the molecule is O=C(CCl)c1nc(-c2cccnc2)cs1. The predicted molar refractivity (Wildman–Crippen MR) is 60.4 cm³/mol. The van der Waals surface area contributed by atoms with Gasteiger partial charge in [0, 0.05) is 23.3 Å². The number of pyridine rings is 1. The smallest absolute Gasteiger partial charge is 0.206 e. The van der Waals surface area contributed by atoms with Crippen LogP contribution in [0, 0.1) is 0 Å². The average Bonchev–Trinajstić information content (AvgIpc) is 2.78. The lowest BCUT2D eigenvalue weighted by molar-refractivity contribution is 0.102. The van der Waals surface area contributed by atoms with Crippen molar-refractivity contribution in [1.29, 1.82) is 0 Å². The summed E-state index contributed by atoms with van der Waals surface area (Å²) in [5, 5.41) is 2.28. The number of carbonyl (C=O) groups excluding carboxylic acids is 1. The maximum atomic E-state index is 11.3. The molecule has 0 saturated heterocycles. The van der Waals surface area contributed by atoms with Gasteiger partial charge in [-0.2, -0.15) is 0 Å². The Morgan fingerprint density at radius 2 is 2.40 bits per heavy atom. The molecule has 2 heterocycles. The number of Topliss-reactive ketones (excluding diaryl/α,β-unsaturated/α-hetero) is 1. The zero-order valence-electron chi connectivity index (χ0n) is 7.68. The van der Waals surface area contributed by atoms with E-state index in [1.54, 1.807) is 12.4 Å². The highest BCUT2D eigenvalue weighted by Gasteiger charge is 2.10. The van der Waals surface area contributed by atoms with Crippen LogP contribution < -0.4 is 0 Å². The normalized spacial score (nSPS) is 10.2. The van der Waals surface area contributed by atoms with E-state index < -0.39 is 0 Å². The van der Waals surface area contributed by atoms with Crippen LogP contribution in [0.1, 0.15) is 9.80 Å². The van der Waals surface area contributed by atoms with E-state index in [9.17, 15) is 4.79 Å². The Balaban J connectivity index is 2.32. The summed E-state index contributed by atoms with van der Waals surface area (Å²) in [4.78, 5) is 19.4. The maximum absolute atomic E-state index is 11.3. The van der Waals surface area contributed by atoms with E-state index in [1.807, 2.05) is 17.5 Å². The van der Waals surface area contributed by atoms with Gasteiger partial charge in [-0.25, -0.2) is 4.98 Å². The lowest BCUT2D eigenvalue weighted by atomic mass is 10.2. The first-order valence-corrected chi connectivity index (χ1v) is 5.68. The highest BCUT2D eigenvalue weighted by atomic mass is 35.5. The van der Waals surface area contributed by atoms with Crippen LogP contribution in [-0.2, 0) is 0 Å². The third-order valence-electron chi connectivity index (χ3n) is 1.82. The monoisotopic (exact) mass is 238 g/mol. The fourth-order valence-corrected chi connectivity index (χ4v) is 2.08. The van der Waals surface area contributed by atoms with Gasteiger partial charge in [0.05, 0.1) is 11.6 Å². The summed E-state index contributed by atoms with van der Waals surface area (Å²) in [6.07, 6.45) is 3.41. The molecule has 0 fully saturated rings. The Labute approximate surface area is 95.8 Å². The predicted octanol–water partition coefficient (Wildman–Crippen LogP) is 2.63. The first-order chi connectivity index (χ1) is 7.31. The van der Waals surface area contributed by atoms with E-state index in [0.29, 0.717) is 5.01 Å². The number of hydrogen-bond donors (Lipinski definition) is 0. The van der Waals surface area contributed by atoms with Crippen molar-refractivity contribution in [3.05, 3.63) is 34.9 Å². The van der Waals surface area contributed by atoms with Gasteiger partial charge in [0.15, 0.2) is 5.01 Å². The summed E-state index contributed by atoms with van der Waals surface area (Å²) < 4.78 is 0. The molecule has 0 aliphatic rings. The number of aromatic nitrogens is 2. The standard InChI is InChI=1S/C10H7ClN2OS/c11-4-9(14)10-13-8(6-15-10)7-2-1-3-12-5-7/h1-3,5-6H,4H2. The van der Waals surface area contributed by atoms with Crippen molar-refractivity contribution in [2.45, 2.75) is 0 Å². The Hall–Kier alpha value is -1.26. The molecule has 0 bridgehead atoms. The molecule has 0 atom stereocenters. The van der Waals surface area contributed by atoms with Crippen LogP contribution in [0.25, 0.3) is 11.3 Å². The first kappa shape index (κ1) is 10.3. The van der Waals surface area contributed by atoms with Crippen LogP contribution in [0.2, 0.25) is 0 Å². The highest BCUT2D eigenvalue weighted by Crippen LogP contribution is 2.21. The quantitative estimate of drug-likeness (QED) is 0.610. The molecule has 0 N–H and O–H groups in total. The molecule has 3 nitrogen and oxygen atoms in total. The molecule has 0 aliphatic carbocycles. The summed E-state index contributed by atoms with van der Waals surface area (Å²) in [5.74, 6) is -0.170. The molecule has 5 heteroatoms. The van der Waals surface area contributed by atoms with E-state index in [0.717, 1.165) is 11.3 Å². The molecule has 2 rings (SSSR count). The molecule has 0 unspecified atom stereocenters. The first-order valence-electron chi connectivity index (χ1n) is 4.26. The number of rotatable bonds is 3. The second-order valence-corrected chi connectivity index (χ2v) is 3.96. The number of hydrogen-bond acceptors (Lipinski definition) is 4. The van der Waals surface area contributed by atoms with Crippen LogP contribution in [0.4, 0.5) is 0 Å². The van der Waals surface area contributed by atoms with Gasteiger partial charge < -0.3 is 0 Å². The van der Waals surface area contributed by atoms with Crippen LogP contribution in [0.3, 0.4) is 0 Å². The van der Waals surface area contributed by atoms with Crippen molar-refractivity contribution in [3.63, 3.8) is 0 Å². The molecule has 0 saturated carbocycles. The number of carbonyl (C=O) groups is 1. The van der Waals surface area contributed by atoms with E-state index in [2.05, 4.69) is 9.97 Å². The minimum atomic E-state index is -0.142. The molecule has 0 amide bonds. The van der Waals surface area contributed by atoms with Crippen molar-refractivity contribution in [1.82, 2.24) is 9.97 Å². The van der Waals surface area contributed by atoms with Gasteiger partial charge in [0.25, 0.3) is 0 Å². The topological polar surface area (TPSA) is 42.9 Å². The minimum absolute atomic E-state index is 0.0278. The molecule has 0 radical (unpaired) electrons. The third-order valence-corrected chi connectivity index (χ3v) is 2.95. The van der Waals surface area contributed by atoms with E-state index in [-0.39, 0.29) is 11.7 Å². The van der Waals surface area contributed by atoms with Gasteiger partial charge in [-0.3, -0.25) is 9.78 Å². The number of alkyl halides is 1. The second kappa shape index (κ2) is 4.51. The number of thiazole rings is 1. The summed E-state index contributed by atoms with van der Waals surface area (Å²) in [6, 6.07) is 3.73. The van der Waals surface area contributed by atoms with E-state index in [4.69, 9.17) is 11.6 Å². The Bertz CT molecular complexity index is 469.